The van der Waals surface area contributed by atoms with Crippen molar-refractivity contribution in [2.75, 3.05) is 0 Å². The van der Waals surface area contributed by atoms with Crippen LogP contribution in [0.1, 0.15) is 11.1 Å². The number of rotatable bonds is 5. The van der Waals surface area contributed by atoms with Crippen LogP contribution in [0.5, 0.6) is 0 Å². The third kappa shape index (κ3) is 5.11. The minimum absolute atomic E-state index is 0.435. The lowest BCUT2D eigenvalue weighted by Gasteiger charge is -2.12. The van der Waals surface area contributed by atoms with E-state index in [2.05, 4.69) is 63.3 Å². The summed E-state index contributed by atoms with van der Waals surface area (Å²) in [5.74, 6) is 1.51. The molecule has 48 heavy (non-hydrogen) atoms. The van der Waals surface area contributed by atoms with Gasteiger partial charge in [-0.2, -0.15) is 10.5 Å². The molecule has 0 atom stereocenters. The number of hydrogen-bond acceptors (Lipinski definition) is 5. The van der Waals surface area contributed by atoms with Crippen molar-refractivity contribution in [3.05, 3.63) is 151 Å². The number of benzene rings is 6. The molecule has 0 saturated carbocycles. The lowest BCUT2D eigenvalue weighted by molar-refractivity contribution is 1.07. The maximum Gasteiger partial charge on any atom is 0.179 e. The fourth-order valence-electron chi connectivity index (χ4n) is 6.16. The van der Waals surface area contributed by atoms with Gasteiger partial charge in [0.25, 0.3) is 0 Å². The standard InChI is InChI=1S/C41H23N6.Al/c42-25-27-16-20-37-35(22-27)36-24-31(18-21-38(36)47(37)33-14-8-3-9-15-33)30-17-19-34(32(23-30)26-43)41-45-39(28-10-4-1-5-11-28)44-40(46-41)29-12-6-2-7-13-29;/h1-14,16-24H;. The van der Waals surface area contributed by atoms with Gasteiger partial charge >= 0.3 is 0 Å². The summed E-state index contributed by atoms with van der Waals surface area (Å²) >= 11 is 2.83. The molecule has 0 N–H and O–H groups in total. The van der Waals surface area contributed by atoms with Crippen LogP contribution in [0.2, 0.25) is 0 Å². The quantitative estimate of drug-likeness (QED) is 0.180. The molecule has 0 aliphatic heterocycles. The second-order valence-corrected chi connectivity index (χ2v) is 12.0. The molecule has 6 aromatic carbocycles. The van der Waals surface area contributed by atoms with Crippen molar-refractivity contribution in [1.82, 2.24) is 19.5 Å². The summed E-state index contributed by atoms with van der Waals surface area (Å²) in [7, 11) is 0. The zero-order valence-electron chi connectivity index (χ0n) is 25.5. The molecule has 8 aromatic rings. The van der Waals surface area contributed by atoms with E-state index in [9.17, 15) is 10.5 Å². The normalized spacial score (nSPS) is 11.0. The van der Waals surface area contributed by atoms with E-state index >= 15 is 0 Å². The Bertz CT molecular complexity index is 2540. The van der Waals surface area contributed by atoms with Gasteiger partial charge in [-0.25, -0.2) is 15.0 Å². The van der Waals surface area contributed by atoms with Crippen LogP contribution >= 0.6 is 0 Å². The Labute approximate surface area is 285 Å². The summed E-state index contributed by atoms with van der Waals surface area (Å²) in [6.45, 7) is 0. The van der Waals surface area contributed by atoms with Gasteiger partial charge in [-0.05, 0) is 59.7 Å². The second-order valence-electron chi connectivity index (χ2n) is 11.4. The maximum absolute atomic E-state index is 10.4. The lowest BCUT2D eigenvalue weighted by atomic mass is 9.97. The molecule has 2 radical (unpaired) electrons. The minimum Gasteiger partial charge on any atom is -0.311 e. The highest BCUT2D eigenvalue weighted by atomic mass is 27.0. The molecule has 8 rings (SSSR count). The summed E-state index contributed by atoms with van der Waals surface area (Å²) in [4.78, 5) is 14.5. The minimum atomic E-state index is 0.435. The second kappa shape index (κ2) is 12.1. The first-order valence-corrected chi connectivity index (χ1v) is 15.9. The van der Waals surface area contributed by atoms with Gasteiger partial charge in [0.1, 0.15) is 0 Å². The van der Waals surface area contributed by atoms with Crippen LogP contribution in [-0.4, -0.2) is 35.8 Å². The van der Waals surface area contributed by atoms with E-state index in [0.29, 0.717) is 34.2 Å². The zero-order chi connectivity index (χ0) is 32.6. The summed E-state index contributed by atoms with van der Waals surface area (Å²) in [6.07, 6.45) is 0. The predicted molar refractivity (Wildman–Crippen MR) is 191 cm³/mol. The topological polar surface area (TPSA) is 91.2 Å². The van der Waals surface area contributed by atoms with Gasteiger partial charge in [-0.15, -0.1) is 4.43 Å². The van der Waals surface area contributed by atoms with Crippen molar-refractivity contribution in [3.63, 3.8) is 0 Å². The number of aromatic nitrogens is 4. The van der Waals surface area contributed by atoms with Crippen LogP contribution in [0.15, 0.2) is 140 Å². The molecule has 2 aromatic heterocycles. The van der Waals surface area contributed by atoms with Crippen molar-refractivity contribution in [3.8, 4) is 63.1 Å². The molecule has 7 heteroatoms. The van der Waals surface area contributed by atoms with Crippen molar-refractivity contribution in [1.29, 1.82) is 10.5 Å². The molecule has 0 unspecified atom stereocenters. The van der Waals surface area contributed by atoms with Crippen molar-refractivity contribution in [2.45, 2.75) is 0 Å². The van der Waals surface area contributed by atoms with E-state index in [4.69, 9.17) is 15.0 Å². The van der Waals surface area contributed by atoms with Gasteiger partial charge in [0.15, 0.2) is 33.8 Å². The molecule has 0 aliphatic rings. The van der Waals surface area contributed by atoms with Crippen molar-refractivity contribution >= 4 is 42.5 Å². The number of nitrogens with zero attached hydrogens (tertiary/aromatic N) is 6. The smallest absolute Gasteiger partial charge is 0.179 e. The highest BCUT2D eigenvalue weighted by molar-refractivity contribution is 6.35. The first-order chi connectivity index (χ1) is 23.6. The molecule has 0 spiro atoms. The number of nitriles is 2. The summed E-state index contributed by atoms with van der Waals surface area (Å²) < 4.78 is 3.31. The Morgan fingerprint density at radius 1 is 0.500 bits per heavy atom. The maximum atomic E-state index is 10.4. The van der Waals surface area contributed by atoms with Gasteiger partial charge in [-0.3, -0.25) is 0 Å². The van der Waals surface area contributed by atoms with Crippen molar-refractivity contribution < 1.29 is 0 Å². The Hall–Kier alpha value is -6.36. The molecule has 0 saturated heterocycles. The SMILES string of the molecule is N#Cc1ccc2c(c1)c1cc(-c3ccc(-c4nc(-c5ccccc5)nc(-c5ccccc5)n4)c(C#N)c3)ccc1n2-c1cccc[c]1[Al]. The van der Waals surface area contributed by atoms with Crippen LogP contribution in [0.3, 0.4) is 0 Å². The van der Waals surface area contributed by atoms with E-state index < -0.39 is 0 Å². The van der Waals surface area contributed by atoms with Crippen molar-refractivity contribution in [2.24, 2.45) is 0 Å². The first kappa shape index (κ1) is 29.1. The molecular formula is C41H23AlN6. The Balaban J connectivity index is 1.28. The lowest BCUT2D eigenvalue weighted by Crippen LogP contribution is -2.11. The van der Waals surface area contributed by atoms with E-state index in [1.165, 1.54) is 0 Å². The predicted octanol–water partition coefficient (Wildman–Crippen LogP) is 8.17. The summed E-state index contributed by atoms with van der Waals surface area (Å²) in [6, 6.07) is 50.4. The fourth-order valence-corrected chi connectivity index (χ4v) is 6.50. The molecule has 2 heterocycles. The largest absolute Gasteiger partial charge is 0.311 e. The third-order valence-corrected chi connectivity index (χ3v) is 8.97. The molecule has 0 aliphatic carbocycles. The van der Waals surface area contributed by atoms with E-state index in [-0.39, 0.29) is 0 Å². The third-order valence-electron chi connectivity index (χ3n) is 8.49. The average Bonchev–Trinajstić information content (AvgIpc) is 3.48. The van der Waals surface area contributed by atoms with E-state index in [1.807, 2.05) is 109 Å². The van der Waals surface area contributed by atoms with E-state index in [1.54, 1.807) is 0 Å². The van der Waals surface area contributed by atoms with Gasteiger partial charge in [0.2, 0.25) is 0 Å². The Morgan fingerprint density at radius 2 is 1.06 bits per heavy atom. The monoisotopic (exact) mass is 626 g/mol. The fraction of sp³-hybridized carbons (Fsp3) is 0. The van der Waals surface area contributed by atoms with Gasteiger partial charge in [-0.1, -0.05) is 91.0 Å². The zero-order valence-corrected chi connectivity index (χ0v) is 26.7. The number of para-hydroxylation sites is 1. The van der Waals surface area contributed by atoms with Gasteiger partial charge in [0, 0.05) is 33.2 Å². The van der Waals surface area contributed by atoms with E-state index in [0.717, 1.165) is 54.2 Å². The number of fused-ring (bicyclic) bond motifs is 3. The average molecular weight is 627 g/mol. The first-order valence-electron chi connectivity index (χ1n) is 15.4. The highest BCUT2D eigenvalue weighted by Gasteiger charge is 2.18. The molecule has 0 bridgehead atoms. The van der Waals surface area contributed by atoms with Crippen LogP contribution in [0.25, 0.3) is 72.8 Å². The van der Waals surface area contributed by atoms with Crippen LogP contribution in [0, 0.1) is 22.7 Å². The van der Waals surface area contributed by atoms with Crippen LogP contribution in [0.4, 0.5) is 0 Å². The molecule has 220 valence electrons. The van der Waals surface area contributed by atoms with Crippen LogP contribution in [-0.2, 0) is 0 Å². The Kier molecular flexibility index (Phi) is 7.33. The molecule has 0 fully saturated rings. The van der Waals surface area contributed by atoms with Crippen LogP contribution < -0.4 is 4.43 Å². The molecule has 0 amide bonds. The molecule has 6 nitrogen and oxygen atoms in total. The Morgan fingerprint density at radius 3 is 1.71 bits per heavy atom. The van der Waals surface area contributed by atoms with Gasteiger partial charge in [0.05, 0.1) is 34.3 Å². The summed E-state index contributed by atoms with van der Waals surface area (Å²) in [5.41, 5.74) is 8.37. The highest BCUT2D eigenvalue weighted by Crippen LogP contribution is 2.36. The summed E-state index contributed by atoms with van der Waals surface area (Å²) in [5, 5.41) is 22.1. The van der Waals surface area contributed by atoms with Gasteiger partial charge < -0.3 is 4.57 Å². The number of hydrogen-bond donors (Lipinski definition) is 0. The molecular weight excluding hydrogens is 603 g/mol.